The van der Waals surface area contributed by atoms with Crippen LogP contribution in [0, 0.1) is 0 Å². The number of carboxylic acids is 1. The van der Waals surface area contributed by atoms with E-state index in [0.717, 1.165) is 0 Å². The molecule has 31 heavy (non-hydrogen) atoms. The molecule has 0 heterocycles. The van der Waals surface area contributed by atoms with Crippen LogP contribution in [-0.4, -0.2) is 35.2 Å². The molecule has 0 aromatic heterocycles. The predicted molar refractivity (Wildman–Crippen MR) is 109 cm³/mol. The van der Waals surface area contributed by atoms with Gasteiger partial charge >= 0.3 is 17.9 Å². The molecule has 0 fully saturated rings. The molecule has 0 aliphatic carbocycles. The lowest BCUT2D eigenvalue weighted by Crippen LogP contribution is -2.16. The molecule has 3 rings (SSSR count). The van der Waals surface area contributed by atoms with Crippen molar-refractivity contribution in [3.05, 3.63) is 83.4 Å². The summed E-state index contributed by atoms with van der Waals surface area (Å²) in [6.07, 6.45) is -0.137. The third-order valence-corrected chi connectivity index (χ3v) is 4.24. The molecule has 3 aromatic rings. The van der Waals surface area contributed by atoms with Crippen LogP contribution in [0.15, 0.2) is 66.7 Å². The molecule has 3 aromatic carbocycles. The number of hydrogen-bond donors (Lipinski definition) is 2. The number of phenolic OH excluding ortho intramolecular Hbond substituents is 1. The minimum atomic E-state index is -1.24. The summed E-state index contributed by atoms with van der Waals surface area (Å²) in [6, 6.07) is 16.1. The van der Waals surface area contributed by atoms with Gasteiger partial charge in [-0.05, 0) is 42.0 Å². The van der Waals surface area contributed by atoms with Crippen LogP contribution in [0.3, 0.4) is 0 Å². The zero-order valence-corrected chi connectivity index (χ0v) is 16.4. The third kappa shape index (κ3) is 5.18. The van der Waals surface area contributed by atoms with E-state index in [9.17, 15) is 24.6 Å². The first-order chi connectivity index (χ1) is 14.9. The first-order valence-electron chi connectivity index (χ1n) is 9.09. The highest BCUT2D eigenvalue weighted by atomic mass is 16.6. The van der Waals surface area contributed by atoms with Crippen LogP contribution < -0.4 is 14.2 Å². The van der Waals surface area contributed by atoms with E-state index in [1.54, 1.807) is 18.2 Å². The number of carbonyl (C=O) groups is 3. The Morgan fingerprint density at radius 1 is 0.806 bits per heavy atom. The molecule has 0 spiro atoms. The zero-order chi connectivity index (χ0) is 22.4. The lowest BCUT2D eigenvalue weighted by atomic mass is 10.1. The van der Waals surface area contributed by atoms with Gasteiger partial charge in [-0.25, -0.2) is 9.59 Å². The van der Waals surface area contributed by atoms with E-state index in [2.05, 4.69) is 0 Å². The van der Waals surface area contributed by atoms with Crippen molar-refractivity contribution in [2.24, 2.45) is 0 Å². The maximum Gasteiger partial charge on any atom is 0.347 e. The van der Waals surface area contributed by atoms with Crippen molar-refractivity contribution in [3.8, 4) is 23.0 Å². The normalized spacial score (nSPS) is 10.2. The lowest BCUT2D eigenvalue weighted by molar-refractivity contribution is -0.133. The molecule has 0 radical (unpaired) electrons. The van der Waals surface area contributed by atoms with E-state index in [0.29, 0.717) is 5.56 Å². The fourth-order valence-electron chi connectivity index (χ4n) is 2.77. The number of methoxy groups -OCH3 is 1. The fourth-order valence-corrected chi connectivity index (χ4v) is 2.77. The van der Waals surface area contributed by atoms with Crippen LogP contribution in [0.25, 0.3) is 0 Å². The number of phenols is 1. The van der Waals surface area contributed by atoms with Crippen LogP contribution in [0.5, 0.6) is 23.0 Å². The summed E-state index contributed by atoms with van der Waals surface area (Å²) >= 11 is 0. The molecule has 0 aliphatic heterocycles. The number of benzene rings is 3. The maximum atomic E-state index is 12.6. The second-order valence-corrected chi connectivity index (χ2v) is 6.34. The Bertz CT molecular complexity index is 1140. The van der Waals surface area contributed by atoms with Gasteiger partial charge in [0.1, 0.15) is 22.6 Å². The van der Waals surface area contributed by atoms with Crippen LogP contribution in [0.2, 0.25) is 0 Å². The van der Waals surface area contributed by atoms with Crippen LogP contribution in [-0.2, 0) is 11.2 Å². The minimum absolute atomic E-state index is 0.0314. The van der Waals surface area contributed by atoms with E-state index >= 15 is 0 Å². The average Bonchev–Trinajstić information content (AvgIpc) is 2.75. The molecule has 0 saturated heterocycles. The number of aromatic carboxylic acids is 1. The summed E-state index contributed by atoms with van der Waals surface area (Å²) in [7, 11) is 1.39. The Hall–Kier alpha value is -4.33. The standard InChI is InChI=1S/C23H18O8/c1-29-20-12-14(10-11-17(20)24)13-21(25)30-19-9-5-3-7-16(19)23(28)31-18-8-4-2-6-15(18)22(26)27/h2-12,24H,13H2,1H3,(H,26,27). The smallest absolute Gasteiger partial charge is 0.347 e. The van der Waals surface area contributed by atoms with Crippen LogP contribution in [0.4, 0.5) is 0 Å². The Balaban J connectivity index is 1.77. The molecule has 0 bridgehead atoms. The van der Waals surface area contributed by atoms with E-state index in [1.807, 2.05) is 0 Å². The fraction of sp³-hybridized carbons (Fsp3) is 0.0870. The molecule has 0 unspecified atom stereocenters. The van der Waals surface area contributed by atoms with Crippen molar-refractivity contribution in [1.29, 1.82) is 0 Å². The van der Waals surface area contributed by atoms with Crippen molar-refractivity contribution in [3.63, 3.8) is 0 Å². The van der Waals surface area contributed by atoms with Crippen LogP contribution in [0.1, 0.15) is 26.3 Å². The first kappa shape index (κ1) is 21.4. The maximum absolute atomic E-state index is 12.6. The van der Waals surface area contributed by atoms with Crippen molar-refractivity contribution >= 4 is 17.9 Å². The van der Waals surface area contributed by atoms with Gasteiger partial charge in [-0.3, -0.25) is 4.79 Å². The van der Waals surface area contributed by atoms with Crippen molar-refractivity contribution < 1.29 is 38.8 Å². The molecule has 0 atom stereocenters. The van der Waals surface area contributed by atoms with E-state index in [4.69, 9.17) is 14.2 Å². The predicted octanol–water partition coefficient (Wildman–Crippen LogP) is 3.47. The molecule has 2 N–H and O–H groups in total. The summed E-state index contributed by atoms with van der Waals surface area (Å²) in [5, 5.41) is 18.9. The summed E-state index contributed by atoms with van der Waals surface area (Å²) in [6.45, 7) is 0. The second-order valence-electron chi connectivity index (χ2n) is 6.34. The van der Waals surface area contributed by atoms with Gasteiger partial charge in [0.25, 0.3) is 0 Å². The topological polar surface area (TPSA) is 119 Å². The third-order valence-electron chi connectivity index (χ3n) is 4.24. The van der Waals surface area contributed by atoms with Gasteiger partial charge in [0.15, 0.2) is 11.5 Å². The number of hydrogen-bond acceptors (Lipinski definition) is 7. The summed E-state index contributed by atoms with van der Waals surface area (Å²) < 4.78 is 15.6. The van der Waals surface area contributed by atoms with Gasteiger partial charge in [0.2, 0.25) is 0 Å². The zero-order valence-electron chi connectivity index (χ0n) is 16.4. The Labute approximate surface area is 177 Å². The van der Waals surface area contributed by atoms with Crippen molar-refractivity contribution in [1.82, 2.24) is 0 Å². The summed E-state index contributed by atoms with van der Waals surface area (Å²) in [5.74, 6) is -2.77. The molecule has 8 heteroatoms. The molecular formula is C23H18O8. The van der Waals surface area contributed by atoms with Gasteiger partial charge in [0.05, 0.1) is 13.5 Å². The van der Waals surface area contributed by atoms with Crippen LogP contribution >= 0.6 is 0 Å². The number of aromatic hydroxyl groups is 1. The first-order valence-corrected chi connectivity index (χ1v) is 9.09. The number of rotatable bonds is 7. The van der Waals surface area contributed by atoms with Crippen molar-refractivity contribution in [2.45, 2.75) is 6.42 Å². The number of carboxylic acid groups (broad SMARTS) is 1. The highest BCUT2D eigenvalue weighted by molar-refractivity contribution is 5.97. The monoisotopic (exact) mass is 422 g/mol. The number of ether oxygens (including phenoxy) is 3. The SMILES string of the molecule is COc1cc(CC(=O)Oc2ccccc2C(=O)Oc2ccccc2C(=O)O)ccc1O. The van der Waals surface area contributed by atoms with Gasteiger partial charge in [-0.1, -0.05) is 30.3 Å². The minimum Gasteiger partial charge on any atom is -0.504 e. The molecule has 0 saturated carbocycles. The van der Waals surface area contributed by atoms with Crippen molar-refractivity contribution in [2.75, 3.05) is 7.11 Å². The molecular weight excluding hydrogens is 404 g/mol. The van der Waals surface area contributed by atoms with E-state index < -0.39 is 17.9 Å². The summed E-state index contributed by atoms with van der Waals surface area (Å²) in [5.41, 5.74) is 0.320. The Kier molecular flexibility index (Phi) is 6.51. The molecule has 8 nitrogen and oxygen atoms in total. The van der Waals surface area contributed by atoms with Gasteiger partial charge in [0, 0.05) is 0 Å². The largest absolute Gasteiger partial charge is 0.504 e. The number of para-hydroxylation sites is 2. The number of esters is 2. The Morgan fingerprint density at radius 2 is 1.42 bits per heavy atom. The molecule has 158 valence electrons. The molecule has 0 amide bonds. The summed E-state index contributed by atoms with van der Waals surface area (Å²) in [4.78, 5) is 36.3. The Morgan fingerprint density at radius 3 is 2.06 bits per heavy atom. The highest BCUT2D eigenvalue weighted by Crippen LogP contribution is 2.27. The lowest BCUT2D eigenvalue weighted by Gasteiger charge is -2.11. The second kappa shape index (κ2) is 9.45. The van der Waals surface area contributed by atoms with Gasteiger partial charge < -0.3 is 24.4 Å². The van der Waals surface area contributed by atoms with E-state index in [-0.39, 0.29) is 40.5 Å². The van der Waals surface area contributed by atoms with Gasteiger partial charge in [-0.15, -0.1) is 0 Å². The van der Waals surface area contributed by atoms with E-state index in [1.165, 1.54) is 55.6 Å². The highest BCUT2D eigenvalue weighted by Gasteiger charge is 2.20. The average molecular weight is 422 g/mol. The quantitative estimate of drug-likeness (QED) is 0.439. The number of carbonyl (C=O) groups excluding carboxylic acids is 2. The van der Waals surface area contributed by atoms with Gasteiger partial charge in [-0.2, -0.15) is 0 Å². The molecule has 0 aliphatic rings.